The molecule has 1 aromatic rings. The van der Waals surface area contributed by atoms with Crippen molar-refractivity contribution >= 4 is 0 Å². The Morgan fingerprint density at radius 2 is 2.29 bits per heavy atom. The van der Waals surface area contributed by atoms with Gasteiger partial charge in [-0.25, -0.2) is 4.98 Å². The Morgan fingerprint density at radius 1 is 1.50 bits per heavy atom. The minimum atomic E-state index is -0.329. The Bertz CT molecular complexity index is 352. The van der Waals surface area contributed by atoms with E-state index in [1.54, 1.807) is 17.0 Å². The third-order valence-electron chi connectivity index (χ3n) is 2.82. The van der Waals surface area contributed by atoms with Crippen molar-refractivity contribution in [2.75, 3.05) is 0 Å². The zero-order valence-electron chi connectivity index (χ0n) is 7.93. The zero-order chi connectivity index (χ0) is 9.97. The molecule has 1 aromatic heterocycles. The van der Waals surface area contributed by atoms with Gasteiger partial charge in [-0.15, -0.1) is 0 Å². The van der Waals surface area contributed by atoms with Gasteiger partial charge in [-0.2, -0.15) is 5.26 Å². The smallest absolute Gasteiger partial charge is 0.213 e. The largest absolute Gasteiger partial charge is 0.391 e. The van der Waals surface area contributed by atoms with Crippen LogP contribution in [0.2, 0.25) is 0 Å². The van der Waals surface area contributed by atoms with E-state index in [0.717, 1.165) is 25.7 Å². The summed E-state index contributed by atoms with van der Waals surface area (Å²) in [5, 5.41) is 18.6. The molecule has 1 aliphatic rings. The summed E-state index contributed by atoms with van der Waals surface area (Å²) in [6.45, 7) is 0. The maximum absolute atomic E-state index is 9.80. The van der Waals surface area contributed by atoms with Crippen LogP contribution in [-0.2, 0) is 0 Å². The number of aromatic nitrogens is 2. The Kier molecular flexibility index (Phi) is 2.51. The minimum absolute atomic E-state index is 0.0425. The summed E-state index contributed by atoms with van der Waals surface area (Å²) in [7, 11) is 0. The number of hydrogen-bond acceptors (Lipinski definition) is 3. The van der Waals surface area contributed by atoms with Gasteiger partial charge in [0, 0.05) is 12.4 Å². The average molecular weight is 191 g/mol. The van der Waals surface area contributed by atoms with E-state index in [2.05, 4.69) is 4.98 Å². The Morgan fingerprint density at radius 3 is 3.00 bits per heavy atom. The second-order valence-corrected chi connectivity index (χ2v) is 3.69. The van der Waals surface area contributed by atoms with E-state index in [0.29, 0.717) is 5.82 Å². The van der Waals surface area contributed by atoms with Gasteiger partial charge < -0.3 is 9.67 Å². The van der Waals surface area contributed by atoms with Crippen molar-refractivity contribution in [3.05, 3.63) is 18.2 Å². The van der Waals surface area contributed by atoms with Crippen LogP contribution in [0.3, 0.4) is 0 Å². The standard InChI is InChI=1S/C10H13N3O/c11-7-10-12-5-6-13(10)8-3-1-2-4-9(8)14/h5-6,8-9,14H,1-4H2/t8-,9-/m1/s1. The van der Waals surface area contributed by atoms with Gasteiger partial charge >= 0.3 is 0 Å². The molecule has 4 heteroatoms. The maximum Gasteiger partial charge on any atom is 0.213 e. The molecule has 4 nitrogen and oxygen atoms in total. The van der Waals surface area contributed by atoms with Crippen molar-refractivity contribution in [3.63, 3.8) is 0 Å². The first-order valence-corrected chi connectivity index (χ1v) is 4.94. The molecule has 2 atom stereocenters. The second-order valence-electron chi connectivity index (χ2n) is 3.69. The molecule has 0 unspecified atom stereocenters. The first-order chi connectivity index (χ1) is 6.83. The number of nitrogens with zero attached hydrogens (tertiary/aromatic N) is 3. The lowest BCUT2D eigenvalue weighted by atomic mass is 9.92. The van der Waals surface area contributed by atoms with Crippen molar-refractivity contribution in [3.8, 4) is 6.07 Å². The van der Waals surface area contributed by atoms with Crippen molar-refractivity contribution in [1.29, 1.82) is 5.26 Å². The van der Waals surface area contributed by atoms with Crippen LogP contribution in [0, 0.1) is 11.3 Å². The molecule has 0 aromatic carbocycles. The molecule has 0 saturated heterocycles. The van der Waals surface area contributed by atoms with Crippen LogP contribution in [0.15, 0.2) is 12.4 Å². The summed E-state index contributed by atoms with van der Waals surface area (Å²) in [6.07, 6.45) is 7.02. The van der Waals surface area contributed by atoms with Gasteiger partial charge in [0.1, 0.15) is 6.07 Å². The van der Waals surface area contributed by atoms with Crippen molar-refractivity contribution < 1.29 is 5.11 Å². The quantitative estimate of drug-likeness (QED) is 0.726. The highest BCUT2D eigenvalue weighted by molar-refractivity contribution is 5.13. The fourth-order valence-electron chi connectivity index (χ4n) is 2.08. The van der Waals surface area contributed by atoms with Gasteiger partial charge in [0.2, 0.25) is 5.82 Å². The third-order valence-corrected chi connectivity index (χ3v) is 2.82. The predicted molar refractivity (Wildman–Crippen MR) is 50.5 cm³/mol. The van der Waals surface area contributed by atoms with Crippen LogP contribution >= 0.6 is 0 Å². The van der Waals surface area contributed by atoms with Gasteiger partial charge in [-0.3, -0.25) is 0 Å². The van der Waals surface area contributed by atoms with Crippen LogP contribution in [0.4, 0.5) is 0 Å². The zero-order valence-corrected chi connectivity index (χ0v) is 7.93. The van der Waals surface area contributed by atoms with Gasteiger partial charge in [0.25, 0.3) is 0 Å². The van der Waals surface area contributed by atoms with E-state index < -0.39 is 0 Å². The Balaban J connectivity index is 2.25. The topological polar surface area (TPSA) is 61.8 Å². The molecule has 0 bridgehead atoms. The number of imidazole rings is 1. The molecule has 0 amide bonds. The number of nitriles is 1. The van der Waals surface area contributed by atoms with Gasteiger partial charge in [0.05, 0.1) is 12.1 Å². The maximum atomic E-state index is 9.80. The molecule has 0 aliphatic heterocycles. The first kappa shape index (κ1) is 9.22. The summed E-state index contributed by atoms with van der Waals surface area (Å²) in [5.74, 6) is 0.399. The SMILES string of the molecule is N#Cc1nccn1[C@@H]1CCCC[C@H]1O. The number of rotatable bonds is 1. The number of aliphatic hydroxyl groups excluding tert-OH is 1. The summed E-state index contributed by atoms with van der Waals surface area (Å²) >= 11 is 0. The molecule has 1 heterocycles. The van der Waals surface area contributed by atoms with E-state index >= 15 is 0 Å². The molecule has 0 radical (unpaired) electrons. The highest BCUT2D eigenvalue weighted by Gasteiger charge is 2.25. The van der Waals surface area contributed by atoms with E-state index in [9.17, 15) is 5.11 Å². The van der Waals surface area contributed by atoms with E-state index in [1.165, 1.54) is 0 Å². The van der Waals surface area contributed by atoms with Gasteiger partial charge in [-0.1, -0.05) is 12.8 Å². The molecular formula is C10H13N3O. The molecule has 14 heavy (non-hydrogen) atoms. The predicted octanol–water partition coefficient (Wildman–Crippen LogP) is 1.23. The molecule has 1 fully saturated rings. The highest BCUT2D eigenvalue weighted by atomic mass is 16.3. The lowest BCUT2D eigenvalue weighted by molar-refractivity contribution is 0.0750. The molecule has 1 aliphatic carbocycles. The average Bonchev–Trinajstić information content (AvgIpc) is 2.66. The molecule has 1 saturated carbocycles. The fraction of sp³-hybridized carbons (Fsp3) is 0.600. The molecule has 2 rings (SSSR count). The number of hydrogen-bond donors (Lipinski definition) is 1. The van der Waals surface area contributed by atoms with Crippen LogP contribution in [0.5, 0.6) is 0 Å². The van der Waals surface area contributed by atoms with Crippen molar-refractivity contribution in [2.45, 2.75) is 37.8 Å². The van der Waals surface area contributed by atoms with Gasteiger partial charge in [0.15, 0.2) is 0 Å². The lowest BCUT2D eigenvalue weighted by Crippen LogP contribution is -2.27. The van der Waals surface area contributed by atoms with Crippen molar-refractivity contribution in [2.24, 2.45) is 0 Å². The first-order valence-electron chi connectivity index (χ1n) is 4.94. The fourth-order valence-corrected chi connectivity index (χ4v) is 2.08. The lowest BCUT2D eigenvalue weighted by Gasteiger charge is -2.28. The normalized spacial score (nSPS) is 27.1. The molecular weight excluding hydrogens is 178 g/mol. The highest BCUT2D eigenvalue weighted by Crippen LogP contribution is 2.29. The monoisotopic (exact) mass is 191 g/mol. The van der Waals surface area contributed by atoms with E-state index in [4.69, 9.17) is 5.26 Å². The Labute approximate surface area is 82.8 Å². The van der Waals surface area contributed by atoms with E-state index in [-0.39, 0.29) is 12.1 Å². The van der Waals surface area contributed by atoms with Crippen LogP contribution in [0.25, 0.3) is 0 Å². The van der Waals surface area contributed by atoms with Crippen LogP contribution in [0.1, 0.15) is 37.5 Å². The summed E-state index contributed by atoms with van der Waals surface area (Å²) in [5.41, 5.74) is 0. The number of aliphatic hydroxyl groups is 1. The van der Waals surface area contributed by atoms with Crippen LogP contribution in [-0.4, -0.2) is 20.8 Å². The Hall–Kier alpha value is -1.34. The van der Waals surface area contributed by atoms with Gasteiger partial charge in [-0.05, 0) is 12.8 Å². The van der Waals surface area contributed by atoms with Crippen LogP contribution < -0.4 is 0 Å². The summed E-state index contributed by atoms with van der Waals surface area (Å²) < 4.78 is 1.80. The second kappa shape index (κ2) is 3.81. The van der Waals surface area contributed by atoms with Crippen molar-refractivity contribution in [1.82, 2.24) is 9.55 Å². The summed E-state index contributed by atoms with van der Waals surface area (Å²) in [6, 6.07) is 2.08. The van der Waals surface area contributed by atoms with E-state index in [1.807, 2.05) is 6.07 Å². The molecule has 74 valence electrons. The summed E-state index contributed by atoms with van der Waals surface area (Å²) in [4.78, 5) is 3.94. The third kappa shape index (κ3) is 1.51. The molecule has 0 spiro atoms. The minimum Gasteiger partial charge on any atom is -0.391 e. The molecule has 1 N–H and O–H groups in total.